The lowest BCUT2D eigenvalue weighted by Gasteiger charge is -2.25. The molecule has 0 amide bonds. The van der Waals surface area contributed by atoms with Crippen molar-refractivity contribution in [2.24, 2.45) is 5.92 Å². The molecule has 0 aromatic heterocycles. The molecule has 0 N–H and O–H groups in total. The summed E-state index contributed by atoms with van der Waals surface area (Å²) in [6.07, 6.45) is 4.06. The molecule has 0 heterocycles. The second-order valence-corrected chi connectivity index (χ2v) is 4.82. The molecule has 0 saturated heterocycles. The Balaban J connectivity index is 2.57. The van der Waals surface area contributed by atoms with Crippen LogP contribution in [0, 0.1) is 12.5 Å². The number of carbonyl (C=O) groups excluding carboxylic acids is 1. The molecule has 1 unspecified atom stereocenters. The smallest absolute Gasteiger partial charge is 0.308 e. The van der Waals surface area contributed by atoms with E-state index in [2.05, 4.69) is 4.85 Å². The van der Waals surface area contributed by atoms with Crippen LogP contribution in [0.5, 0.6) is 0 Å². The first-order valence-electron chi connectivity index (χ1n) is 5.22. The number of esters is 1. The highest BCUT2D eigenvalue weighted by atomic mass is 16.6. The van der Waals surface area contributed by atoms with Crippen LogP contribution in [0.25, 0.3) is 4.85 Å². The fraction of sp³-hybridized carbons (Fsp3) is 0.667. The molecule has 0 aliphatic heterocycles. The minimum atomic E-state index is -0.434. The average Bonchev–Trinajstić information content (AvgIpc) is 2.15. The minimum absolute atomic E-state index is 0.127. The van der Waals surface area contributed by atoms with Crippen molar-refractivity contribution in [1.82, 2.24) is 0 Å². The molecule has 0 saturated carbocycles. The highest BCUT2D eigenvalue weighted by molar-refractivity contribution is 5.73. The van der Waals surface area contributed by atoms with Crippen LogP contribution in [0.4, 0.5) is 0 Å². The van der Waals surface area contributed by atoms with Crippen molar-refractivity contribution in [3.8, 4) is 0 Å². The molecule has 0 aromatic rings. The Morgan fingerprint density at radius 3 is 2.80 bits per heavy atom. The number of allylic oxidation sites excluding steroid dienone is 2. The molecule has 15 heavy (non-hydrogen) atoms. The maximum Gasteiger partial charge on any atom is 0.308 e. The lowest BCUT2D eigenvalue weighted by Crippen LogP contribution is -2.29. The first-order chi connectivity index (χ1) is 6.92. The summed E-state index contributed by atoms with van der Waals surface area (Å²) in [6.45, 7) is 12.5. The number of hydrogen-bond acceptors (Lipinski definition) is 2. The molecule has 3 heteroatoms. The summed E-state index contributed by atoms with van der Waals surface area (Å²) in [5, 5.41) is 0. The van der Waals surface area contributed by atoms with E-state index >= 15 is 0 Å². The van der Waals surface area contributed by atoms with E-state index < -0.39 is 5.60 Å². The van der Waals surface area contributed by atoms with Gasteiger partial charge in [-0.25, -0.2) is 4.85 Å². The number of hydrogen-bond donors (Lipinski definition) is 0. The van der Waals surface area contributed by atoms with Crippen molar-refractivity contribution in [2.75, 3.05) is 0 Å². The van der Waals surface area contributed by atoms with Crippen molar-refractivity contribution >= 4 is 5.97 Å². The van der Waals surface area contributed by atoms with E-state index in [9.17, 15) is 4.79 Å². The average molecular weight is 207 g/mol. The van der Waals surface area contributed by atoms with Crippen LogP contribution >= 0.6 is 0 Å². The van der Waals surface area contributed by atoms with E-state index in [0.717, 1.165) is 12.8 Å². The molecule has 0 aromatic carbocycles. The van der Waals surface area contributed by atoms with Gasteiger partial charge in [0.25, 0.3) is 0 Å². The van der Waals surface area contributed by atoms with Gasteiger partial charge in [0.2, 0.25) is 0 Å². The van der Waals surface area contributed by atoms with Gasteiger partial charge < -0.3 is 4.74 Å². The SMILES string of the molecule is [C-]#[N+]C1=CCCC(C(=O)OC(C)(C)C)C1. The van der Waals surface area contributed by atoms with Gasteiger partial charge in [-0.3, -0.25) is 4.79 Å². The van der Waals surface area contributed by atoms with Crippen LogP contribution in [-0.2, 0) is 9.53 Å². The summed E-state index contributed by atoms with van der Waals surface area (Å²) in [5.41, 5.74) is 0.258. The van der Waals surface area contributed by atoms with Crippen LogP contribution < -0.4 is 0 Å². The predicted octanol–water partition coefficient (Wildman–Crippen LogP) is 2.93. The van der Waals surface area contributed by atoms with Crippen LogP contribution in [0.2, 0.25) is 0 Å². The topological polar surface area (TPSA) is 30.7 Å². The van der Waals surface area contributed by atoms with Gasteiger partial charge in [0.1, 0.15) is 5.60 Å². The third-order valence-corrected chi connectivity index (χ3v) is 2.23. The summed E-state index contributed by atoms with van der Waals surface area (Å²) in [4.78, 5) is 15.1. The third kappa shape index (κ3) is 3.75. The quantitative estimate of drug-likeness (QED) is 0.489. The molecule has 0 bridgehead atoms. The summed E-state index contributed by atoms with van der Waals surface area (Å²) in [7, 11) is 0. The van der Waals surface area contributed by atoms with Crippen molar-refractivity contribution in [3.05, 3.63) is 23.2 Å². The lowest BCUT2D eigenvalue weighted by molar-refractivity contribution is -0.160. The van der Waals surface area contributed by atoms with Gasteiger partial charge in [0.05, 0.1) is 12.5 Å². The number of rotatable bonds is 1. The molecule has 0 fully saturated rings. The summed E-state index contributed by atoms with van der Waals surface area (Å²) < 4.78 is 5.30. The zero-order chi connectivity index (χ0) is 11.5. The maximum atomic E-state index is 11.7. The number of nitrogens with zero attached hydrogens (tertiary/aromatic N) is 1. The second kappa shape index (κ2) is 4.48. The Labute approximate surface area is 90.9 Å². The predicted molar refractivity (Wildman–Crippen MR) is 57.9 cm³/mol. The molecule has 3 nitrogen and oxygen atoms in total. The normalized spacial score (nSPS) is 21.5. The fourth-order valence-corrected chi connectivity index (χ4v) is 1.57. The minimum Gasteiger partial charge on any atom is -0.460 e. The van der Waals surface area contributed by atoms with Gasteiger partial charge in [-0.05, 0) is 40.0 Å². The van der Waals surface area contributed by atoms with E-state index in [-0.39, 0.29) is 11.9 Å². The summed E-state index contributed by atoms with van der Waals surface area (Å²) in [5.74, 6) is -0.296. The first-order valence-corrected chi connectivity index (χ1v) is 5.22. The largest absolute Gasteiger partial charge is 0.460 e. The standard InChI is InChI=1S/C12H17NO2/c1-12(2,3)15-11(14)9-6-5-7-10(8-9)13-4/h7,9H,5-6,8H2,1-3H3. The lowest BCUT2D eigenvalue weighted by atomic mass is 9.92. The summed E-state index contributed by atoms with van der Waals surface area (Å²) in [6, 6.07) is 0. The Bertz CT molecular complexity index is 317. The van der Waals surface area contributed by atoms with Crippen LogP contribution in [0.3, 0.4) is 0 Å². The van der Waals surface area contributed by atoms with Gasteiger partial charge in [-0.2, -0.15) is 0 Å². The Morgan fingerprint density at radius 1 is 1.60 bits per heavy atom. The van der Waals surface area contributed by atoms with Gasteiger partial charge in [0.15, 0.2) is 5.70 Å². The van der Waals surface area contributed by atoms with Gasteiger partial charge in [-0.15, -0.1) is 0 Å². The van der Waals surface area contributed by atoms with E-state index in [1.165, 1.54) is 0 Å². The second-order valence-electron chi connectivity index (χ2n) is 4.82. The molecule has 0 spiro atoms. The number of ether oxygens (including phenoxy) is 1. The molecule has 1 atom stereocenters. The van der Waals surface area contributed by atoms with Gasteiger partial charge in [0, 0.05) is 0 Å². The highest BCUT2D eigenvalue weighted by Crippen LogP contribution is 2.27. The van der Waals surface area contributed by atoms with E-state index in [1.807, 2.05) is 26.8 Å². The van der Waals surface area contributed by atoms with Crippen molar-refractivity contribution < 1.29 is 9.53 Å². The van der Waals surface area contributed by atoms with Crippen LogP contribution in [0.1, 0.15) is 40.0 Å². The highest BCUT2D eigenvalue weighted by Gasteiger charge is 2.27. The maximum absolute atomic E-state index is 11.7. The molecule has 0 radical (unpaired) electrons. The van der Waals surface area contributed by atoms with Crippen molar-refractivity contribution in [1.29, 1.82) is 0 Å². The van der Waals surface area contributed by atoms with Gasteiger partial charge in [-0.1, -0.05) is 6.08 Å². The molecule has 1 aliphatic carbocycles. The van der Waals surface area contributed by atoms with Crippen molar-refractivity contribution in [3.63, 3.8) is 0 Å². The third-order valence-electron chi connectivity index (χ3n) is 2.23. The van der Waals surface area contributed by atoms with E-state index in [1.54, 1.807) is 0 Å². The first kappa shape index (κ1) is 11.8. The molecular formula is C12H17NO2. The molecular weight excluding hydrogens is 190 g/mol. The zero-order valence-corrected chi connectivity index (χ0v) is 9.54. The molecule has 1 rings (SSSR count). The van der Waals surface area contributed by atoms with E-state index in [0.29, 0.717) is 12.1 Å². The monoisotopic (exact) mass is 207 g/mol. The molecule has 1 aliphatic rings. The Hall–Kier alpha value is -1.30. The molecule has 82 valence electrons. The van der Waals surface area contributed by atoms with Crippen molar-refractivity contribution in [2.45, 2.75) is 45.6 Å². The van der Waals surface area contributed by atoms with Gasteiger partial charge >= 0.3 is 5.97 Å². The fourth-order valence-electron chi connectivity index (χ4n) is 1.57. The van der Waals surface area contributed by atoms with Crippen LogP contribution in [-0.4, -0.2) is 11.6 Å². The summed E-state index contributed by atoms with van der Waals surface area (Å²) >= 11 is 0. The zero-order valence-electron chi connectivity index (χ0n) is 9.54. The van der Waals surface area contributed by atoms with Crippen LogP contribution in [0.15, 0.2) is 11.8 Å². The number of carbonyl (C=O) groups is 1. The Morgan fingerprint density at radius 2 is 2.27 bits per heavy atom. The Kier molecular flexibility index (Phi) is 3.52. The van der Waals surface area contributed by atoms with E-state index in [4.69, 9.17) is 11.3 Å².